The molecule has 5 rings (SSSR count). The maximum Gasteiger partial charge on any atom is 0.310 e. The van der Waals surface area contributed by atoms with E-state index in [2.05, 4.69) is 0 Å². The largest absolute Gasteiger partial charge is 0.461 e. The third-order valence-corrected chi connectivity index (χ3v) is 8.85. The number of allylic oxidation sites excluding steroid dienone is 3. The molecule has 0 saturated carbocycles. The van der Waals surface area contributed by atoms with Crippen LogP contribution in [0.2, 0.25) is 0 Å². The molecule has 0 radical (unpaired) electrons. The normalized spacial score (nSPS) is 24.2. The first-order chi connectivity index (χ1) is 23.2. The Morgan fingerprint density at radius 3 is 1.98 bits per heavy atom. The van der Waals surface area contributed by atoms with Crippen molar-refractivity contribution >= 4 is 29.5 Å². The van der Waals surface area contributed by atoms with E-state index in [4.69, 9.17) is 35.3 Å². The van der Waals surface area contributed by atoms with Crippen molar-refractivity contribution < 1.29 is 38.1 Å². The summed E-state index contributed by atoms with van der Waals surface area (Å²) in [5.74, 6) is -1.64. The maximum atomic E-state index is 13.5. The summed E-state index contributed by atoms with van der Waals surface area (Å²) < 4.78 is 30.4. The zero-order valence-corrected chi connectivity index (χ0v) is 28.0. The topological polar surface area (TPSA) is 97.4 Å². The molecular weight excluding hydrogens is 632 g/mol. The minimum Gasteiger partial charge on any atom is -0.461 e. The summed E-state index contributed by atoms with van der Waals surface area (Å²) in [6.07, 6.45) is 2.95. The van der Waals surface area contributed by atoms with E-state index in [1.807, 2.05) is 97.1 Å². The van der Waals surface area contributed by atoms with Gasteiger partial charge in [0.05, 0.1) is 19.1 Å². The van der Waals surface area contributed by atoms with Crippen molar-refractivity contribution in [1.82, 2.24) is 0 Å². The number of hydrogen-bond donors (Lipinski definition) is 0. The Kier molecular flexibility index (Phi) is 12.2. The number of rotatable bonds is 9. The van der Waals surface area contributed by atoms with E-state index >= 15 is 0 Å². The molecule has 252 valence electrons. The zero-order chi connectivity index (χ0) is 33.9. The van der Waals surface area contributed by atoms with Crippen LogP contribution in [0.4, 0.5) is 0 Å². The van der Waals surface area contributed by atoms with Gasteiger partial charge < -0.3 is 23.7 Å². The molecule has 0 N–H and O–H groups in total. The smallest absolute Gasteiger partial charge is 0.310 e. The van der Waals surface area contributed by atoms with E-state index < -0.39 is 41.8 Å². The second kappa shape index (κ2) is 16.7. The van der Waals surface area contributed by atoms with Crippen LogP contribution in [0.5, 0.6) is 0 Å². The molecular formula is C39H41ClO8. The van der Waals surface area contributed by atoms with Crippen LogP contribution in [0.25, 0.3) is 0 Å². The van der Waals surface area contributed by atoms with Crippen LogP contribution >= 0.6 is 11.6 Å². The molecule has 3 aromatic rings. The molecule has 1 saturated heterocycles. The van der Waals surface area contributed by atoms with Crippen LogP contribution < -0.4 is 0 Å². The highest BCUT2D eigenvalue weighted by molar-refractivity contribution is 6.29. The Morgan fingerprint density at radius 1 is 0.854 bits per heavy atom. The molecule has 8 nitrogen and oxygen atoms in total. The van der Waals surface area contributed by atoms with Gasteiger partial charge in [0, 0.05) is 30.9 Å². The van der Waals surface area contributed by atoms with Crippen LogP contribution in [0.1, 0.15) is 62.6 Å². The molecule has 2 aliphatic rings. The molecule has 2 bridgehead atoms. The van der Waals surface area contributed by atoms with Gasteiger partial charge in [-0.25, -0.2) is 0 Å². The highest BCUT2D eigenvalue weighted by Crippen LogP contribution is 2.41. The predicted molar refractivity (Wildman–Crippen MR) is 181 cm³/mol. The van der Waals surface area contributed by atoms with Gasteiger partial charge in [0.15, 0.2) is 0 Å². The Balaban J connectivity index is 1.46. The van der Waals surface area contributed by atoms with E-state index in [9.17, 15) is 14.4 Å². The second-order valence-corrected chi connectivity index (χ2v) is 12.4. The maximum absolute atomic E-state index is 13.5. The van der Waals surface area contributed by atoms with Gasteiger partial charge >= 0.3 is 17.9 Å². The average molecular weight is 673 g/mol. The third kappa shape index (κ3) is 9.01. The fourth-order valence-corrected chi connectivity index (χ4v) is 6.46. The Bertz CT molecular complexity index is 1490. The number of hydrogen-bond acceptors (Lipinski definition) is 8. The minimum atomic E-state index is -0.987. The number of fused-ring (bicyclic) bond motifs is 2. The minimum absolute atomic E-state index is 0.113. The first kappa shape index (κ1) is 35.1. The van der Waals surface area contributed by atoms with Crippen LogP contribution in [0, 0.1) is 0 Å². The quantitative estimate of drug-likeness (QED) is 0.102. The summed E-state index contributed by atoms with van der Waals surface area (Å²) in [6, 6.07) is 30.1. The second-order valence-electron chi connectivity index (χ2n) is 11.9. The summed E-state index contributed by atoms with van der Waals surface area (Å²) >= 11 is 6.60. The summed E-state index contributed by atoms with van der Waals surface area (Å²) in [6.45, 7) is 2.52. The van der Waals surface area contributed by atoms with Crippen molar-refractivity contribution in [2.24, 2.45) is 0 Å². The summed E-state index contributed by atoms with van der Waals surface area (Å²) in [7, 11) is 0. The van der Waals surface area contributed by atoms with Crippen molar-refractivity contribution in [2.45, 2.75) is 76.0 Å². The SMILES string of the molecule is CC(=O)OC/C1=C/C/C=C(/Cl)CC[C@@H]2C[C@@H](OC(=O)C[C@H]1OC(C)=O)[C@@H](COC(c1ccccc1)(c1ccccc1)c1ccccc1)O2. The highest BCUT2D eigenvalue weighted by atomic mass is 35.5. The molecule has 0 spiro atoms. The molecule has 4 atom stereocenters. The zero-order valence-electron chi connectivity index (χ0n) is 27.2. The van der Waals surface area contributed by atoms with Crippen LogP contribution in [-0.2, 0) is 43.7 Å². The monoisotopic (exact) mass is 672 g/mol. The summed E-state index contributed by atoms with van der Waals surface area (Å²) in [4.78, 5) is 37.2. The van der Waals surface area contributed by atoms with Gasteiger partial charge in [-0.3, -0.25) is 14.4 Å². The van der Waals surface area contributed by atoms with E-state index in [1.54, 1.807) is 6.08 Å². The lowest BCUT2D eigenvalue weighted by Crippen LogP contribution is -2.39. The highest BCUT2D eigenvalue weighted by Gasteiger charge is 2.43. The lowest BCUT2D eigenvalue weighted by molar-refractivity contribution is -0.160. The van der Waals surface area contributed by atoms with Crippen molar-refractivity contribution in [3.8, 4) is 0 Å². The van der Waals surface area contributed by atoms with Crippen LogP contribution in [-0.4, -0.2) is 55.5 Å². The molecule has 0 aromatic heterocycles. The number of halogens is 1. The number of esters is 3. The predicted octanol–water partition coefficient (Wildman–Crippen LogP) is 7.18. The van der Waals surface area contributed by atoms with Crippen molar-refractivity contribution in [2.75, 3.05) is 13.2 Å². The lowest BCUT2D eigenvalue weighted by Gasteiger charge is -2.37. The number of benzene rings is 3. The fourth-order valence-electron chi connectivity index (χ4n) is 6.26. The van der Waals surface area contributed by atoms with E-state index in [0.717, 1.165) is 16.7 Å². The van der Waals surface area contributed by atoms with Gasteiger partial charge in [-0.2, -0.15) is 0 Å². The van der Waals surface area contributed by atoms with Gasteiger partial charge in [-0.05, 0) is 36.0 Å². The van der Waals surface area contributed by atoms with E-state index in [0.29, 0.717) is 36.3 Å². The van der Waals surface area contributed by atoms with Gasteiger partial charge in [0.25, 0.3) is 0 Å². The lowest BCUT2D eigenvalue weighted by atomic mass is 9.80. The Morgan fingerprint density at radius 2 is 1.44 bits per heavy atom. The van der Waals surface area contributed by atoms with E-state index in [1.165, 1.54) is 13.8 Å². The first-order valence-corrected chi connectivity index (χ1v) is 16.6. The Labute approximate surface area is 286 Å². The fraction of sp³-hybridized carbons (Fsp3) is 0.359. The molecule has 1 fully saturated rings. The van der Waals surface area contributed by atoms with Gasteiger partial charge in [0.2, 0.25) is 0 Å². The standard InChI is InChI=1S/C39H41ClO8/c1-27(41)44-25-29-13-12-20-33(40)21-22-34-23-36(48-38(43)24-35(29)46-28(2)42)37(47-34)26-45-39(30-14-6-3-7-15-30,31-16-8-4-9-17-31)32-18-10-5-11-19-32/h3-11,13-20,34-37H,12,21-26H2,1-2H3/b29-13-,33-20+/t34-,35-,36-,37-/m1/s1. The van der Waals surface area contributed by atoms with Crippen molar-refractivity contribution in [3.05, 3.63) is 130 Å². The third-order valence-electron chi connectivity index (χ3n) is 8.51. The van der Waals surface area contributed by atoms with Crippen LogP contribution in [0.3, 0.4) is 0 Å². The van der Waals surface area contributed by atoms with Crippen molar-refractivity contribution in [1.29, 1.82) is 0 Å². The molecule has 48 heavy (non-hydrogen) atoms. The number of ether oxygens (including phenoxy) is 5. The molecule has 3 aromatic carbocycles. The summed E-state index contributed by atoms with van der Waals surface area (Å²) in [5.41, 5.74) is 2.31. The number of carbonyl (C=O) groups excluding carboxylic acids is 3. The molecule has 0 unspecified atom stereocenters. The molecule has 0 aliphatic carbocycles. The molecule has 9 heteroatoms. The number of carbonyl (C=O) groups is 3. The van der Waals surface area contributed by atoms with Gasteiger partial charge in [-0.1, -0.05) is 115 Å². The van der Waals surface area contributed by atoms with Crippen LogP contribution in [0.15, 0.2) is 114 Å². The van der Waals surface area contributed by atoms with Gasteiger partial charge in [0.1, 0.15) is 30.5 Å². The van der Waals surface area contributed by atoms with E-state index in [-0.39, 0.29) is 25.7 Å². The molecule has 0 amide bonds. The summed E-state index contributed by atoms with van der Waals surface area (Å²) in [5, 5.41) is 0.646. The van der Waals surface area contributed by atoms with Gasteiger partial charge in [-0.15, -0.1) is 0 Å². The van der Waals surface area contributed by atoms with Crippen molar-refractivity contribution in [3.63, 3.8) is 0 Å². The molecule has 2 aliphatic heterocycles. The molecule has 2 heterocycles. The average Bonchev–Trinajstić information content (AvgIpc) is 3.47. The Hall–Kier alpha value is -4.24. The first-order valence-electron chi connectivity index (χ1n) is 16.2.